The van der Waals surface area contributed by atoms with Crippen LogP contribution in [0.2, 0.25) is 0 Å². The van der Waals surface area contributed by atoms with E-state index >= 15 is 0 Å². The van der Waals surface area contributed by atoms with Gasteiger partial charge < -0.3 is 0 Å². The molecule has 0 fully saturated rings. The highest BCUT2D eigenvalue weighted by molar-refractivity contribution is 7.85. The van der Waals surface area contributed by atoms with Gasteiger partial charge in [-0.2, -0.15) is 13.4 Å². The highest BCUT2D eigenvalue weighted by Crippen LogP contribution is 2.06. The summed E-state index contributed by atoms with van der Waals surface area (Å²) in [6.07, 6.45) is 0.248. The lowest BCUT2D eigenvalue weighted by Crippen LogP contribution is -2.44. The van der Waals surface area contributed by atoms with Crippen LogP contribution in [0.1, 0.15) is 12.2 Å². The third kappa shape index (κ3) is 3.31. The van der Waals surface area contributed by atoms with E-state index in [0.29, 0.717) is 29.8 Å². The molecule has 1 aromatic rings. The van der Waals surface area contributed by atoms with Gasteiger partial charge in [-0.15, -0.1) is 0 Å². The second kappa shape index (κ2) is 5.44. The number of alkyl halides is 1. The van der Waals surface area contributed by atoms with Crippen LogP contribution in [0.5, 0.6) is 0 Å². The van der Waals surface area contributed by atoms with Crippen molar-refractivity contribution in [3.05, 3.63) is 26.8 Å². The van der Waals surface area contributed by atoms with Crippen LogP contribution in [0.15, 0.2) is 9.59 Å². The van der Waals surface area contributed by atoms with Crippen LogP contribution in [0.25, 0.3) is 0 Å². The minimum Gasteiger partial charge on any atom is -0.281 e. The minimum absolute atomic E-state index is 0.402. The molecular weight excluding hydrogens is 293 g/mol. The molecule has 10 heteroatoms. The van der Waals surface area contributed by atoms with Gasteiger partial charge >= 0.3 is 11.4 Å². The van der Waals surface area contributed by atoms with Gasteiger partial charge in [0.25, 0.3) is 10.1 Å². The topological polar surface area (TPSA) is 100 Å². The fraction of sp³-hybridized carbons (Fsp3) is 0.700. The van der Waals surface area contributed by atoms with E-state index in [1.54, 1.807) is 0 Å². The van der Waals surface area contributed by atoms with Crippen LogP contribution in [0.3, 0.4) is 0 Å². The lowest BCUT2D eigenvalue weighted by molar-refractivity contribution is 0.180. The summed E-state index contributed by atoms with van der Waals surface area (Å²) in [6, 6.07) is 0. The predicted molar refractivity (Wildman–Crippen MR) is 66.8 cm³/mol. The number of fused-ring (bicyclic) bond motifs is 1. The summed E-state index contributed by atoms with van der Waals surface area (Å²) in [5.41, 5.74) is -1.45. The molecule has 8 nitrogen and oxygen atoms in total. The van der Waals surface area contributed by atoms with Gasteiger partial charge in [0.15, 0.2) is 0 Å². The van der Waals surface area contributed by atoms with Crippen molar-refractivity contribution in [3.8, 4) is 0 Å². The maximum absolute atomic E-state index is 13.6. The first-order valence-corrected chi connectivity index (χ1v) is 7.78. The highest BCUT2D eigenvalue weighted by Gasteiger charge is 2.20. The Bertz CT molecular complexity index is 723. The molecule has 0 saturated heterocycles. The molecule has 0 N–H and O–H groups in total. The van der Waals surface area contributed by atoms with Crippen molar-refractivity contribution in [2.75, 3.05) is 12.9 Å². The van der Waals surface area contributed by atoms with Crippen molar-refractivity contribution in [1.82, 2.24) is 14.1 Å². The number of aryl methyl sites for hydroxylation is 1. The van der Waals surface area contributed by atoms with E-state index in [2.05, 4.69) is 9.17 Å². The molecule has 1 atom stereocenters. The van der Waals surface area contributed by atoms with Gasteiger partial charge in [0, 0.05) is 13.0 Å². The third-order valence-electron chi connectivity index (χ3n) is 2.85. The first kappa shape index (κ1) is 14.9. The van der Waals surface area contributed by atoms with Crippen LogP contribution in [-0.4, -0.2) is 41.6 Å². The van der Waals surface area contributed by atoms with Gasteiger partial charge in [-0.25, -0.2) is 18.5 Å². The fourth-order valence-corrected chi connectivity index (χ4v) is 2.38. The lowest BCUT2D eigenvalue weighted by atomic mass is 10.4. The monoisotopic (exact) mass is 307 g/mol. The average Bonchev–Trinajstić information content (AvgIpc) is 2.79. The molecule has 1 aromatic heterocycles. The number of halogens is 1. The Hall–Kier alpha value is -1.55. The lowest BCUT2D eigenvalue weighted by Gasteiger charge is -2.11. The zero-order chi connectivity index (χ0) is 14.9. The van der Waals surface area contributed by atoms with Crippen molar-refractivity contribution in [3.63, 3.8) is 0 Å². The van der Waals surface area contributed by atoms with E-state index < -0.39 is 40.8 Å². The Kier molecular flexibility index (Phi) is 4.04. The van der Waals surface area contributed by atoms with Crippen molar-refractivity contribution in [1.29, 1.82) is 0 Å². The van der Waals surface area contributed by atoms with Gasteiger partial charge in [-0.1, -0.05) is 0 Å². The predicted octanol–water partition coefficient (Wildman–Crippen LogP) is -1.33. The van der Waals surface area contributed by atoms with Crippen molar-refractivity contribution in [2.45, 2.75) is 32.1 Å². The first-order chi connectivity index (χ1) is 9.28. The molecule has 1 aliphatic rings. The van der Waals surface area contributed by atoms with Crippen molar-refractivity contribution in [2.24, 2.45) is 0 Å². The maximum atomic E-state index is 13.6. The summed E-state index contributed by atoms with van der Waals surface area (Å²) in [7, 11) is -3.77. The Morgan fingerprint density at radius 2 is 2.15 bits per heavy atom. The Morgan fingerprint density at radius 1 is 1.45 bits per heavy atom. The van der Waals surface area contributed by atoms with Crippen LogP contribution in [0.4, 0.5) is 4.39 Å². The molecule has 0 saturated carbocycles. The molecule has 112 valence electrons. The zero-order valence-corrected chi connectivity index (χ0v) is 11.6. The molecule has 0 radical (unpaired) electrons. The number of hydrogen-bond acceptors (Lipinski definition) is 6. The number of nitrogens with zero attached hydrogens (tertiary/aromatic N) is 3. The average molecular weight is 307 g/mol. The molecule has 0 aromatic carbocycles. The fourth-order valence-electron chi connectivity index (χ4n) is 1.98. The Balaban J connectivity index is 2.18. The minimum atomic E-state index is -3.77. The quantitative estimate of drug-likeness (QED) is 0.625. The van der Waals surface area contributed by atoms with Crippen molar-refractivity contribution >= 4 is 10.1 Å². The Morgan fingerprint density at radius 3 is 2.80 bits per heavy atom. The second-order valence-electron chi connectivity index (χ2n) is 4.54. The third-order valence-corrected chi connectivity index (χ3v) is 3.42. The van der Waals surface area contributed by atoms with Gasteiger partial charge in [0.05, 0.1) is 19.4 Å². The largest absolute Gasteiger partial charge is 0.353 e. The van der Waals surface area contributed by atoms with E-state index in [0.717, 1.165) is 6.26 Å². The van der Waals surface area contributed by atoms with Crippen LogP contribution < -0.4 is 11.4 Å². The summed E-state index contributed by atoms with van der Waals surface area (Å²) in [4.78, 5) is 27.3. The molecule has 2 heterocycles. The SMILES string of the molecule is CS(=O)(=O)OC[C@@H](F)Cn1c(=O)nc2n(c1=O)CCC2. The van der Waals surface area contributed by atoms with Gasteiger partial charge in [-0.05, 0) is 6.42 Å². The Labute approximate surface area is 113 Å². The van der Waals surface area contributed by atoms with Crippen LogP contribution >= 0.6 is 0 Å². The molecule has 20 heavy (non-hydrogen) atoms. The standard InChI is InChI=1S/C10H14FN3O5S/c1-20(17,18)19-6-7(11)5-14-9(15)12-8-3-2-4-13(8)10(14)16/h7H,2-6H2,1H3/t7-/m0/s1. The molecular formula is C10H14FN3O5S. The van der Waals surface area contributed by atoms with Crippen LogP contribution in [0, 0.1) is 0 Å². The molecule has 0 bridgehead atoms. The molecule has 0 aliphatic carbocycles. The first-order valence-electron chi connectivity index (χ1n) is 5.97. The normalized spacial score (nSPS) is 16.1. The zero-order valence-electron chi connectivity index (χ0n) is 10.8. The van der Waals surface area contributed by atoms with Crippen LogP contribution in [-0.2, 0) is 33.8 Å². The molecule has 0 unspecified atom stereocenters. The van der Waals surface area contributed by atoms with Crippen molar-refractivity contribution < 1.29 is 17.0 Å². The number of aromatic nitrogens is 3. The molecule has 2 rings (SSSR count). The van der Waals surface area contributed by atoms with E-state index in [4.69, 9.17) is 0 Å². The summed E-state index contributed by atoms with van der Waals surface area (Å²) in [6.45, 7) is -0.884. The number of rotatable bonds is 5. The van der Waals surface area contributed by atoms with E-state index in [1.807, 2.05) is 0 Å². The molecule has 1 aliphatic heterocycles. The molecule has 0 spiro atoms. The van der Waals surface area contributed by atoms with E-state index in [1.165, 1.54) is 4.57 Å². The van der Waals surface area contributed by atoms with E-state index in [9.17, 15) is 22.4 Å². The highest BCUT2D eigenvalue weighted by atomic mass is 32.2. The summed E-state index contributed by atoms with van der Waals surface area (Å²) >= 11 is 0. The van der Waals surface area contributed by atoms with E-state index in [-0.39, 0.29) is 0 Å². The summed E-state index contributed by atoms with van der Waals surface area (Å²) in [5, 5.41) is 0. The van der Waals surface area contributed by atoms with Gasteiger partial charge in [0.2, 0.25) is 0 Å². The summed E-state index contributed by atoms with van der Waals surface area (Å²) in [5.74, 6) is 0.402. The smallest absolute Gasteiger partial charge is 0.281 e. The maximum Gasteiger partial charge on any atom is 0.353 e. The second-order valence-corrected chi connectivity index (χ2v) is 6.19. The molecule has 0 amide bonds. The number of hydrogen-bond donors (Lipinski definition) is 0. The summed E-state index contributed by atoms with van der Waals surface area (Å²) < 4.78 is 41.4. The van der Waals surface area contributed by atoms with Gasteiger partial charge in [-0.3, -0.25) is 8.75 Å². The van der Waals surface area contributed by atoms with Gasteiger partial charge in [0.1, 0.15) is 12.0 Å².